The van der Waals surface area contributed by atoms with Crippen LogP contribution in [-0.2, 0) is 0 Å². The van der Waals surface area contributed by atoms with Gasteiger partial charge in [-0.15, -0.1) is 11.3 Å². The van der Waals surface area contributed by atoms with E-state index in [4.69, 9.17) is 0 Å². The minimum Gasteiger partial charge on any atom is -0.377 e. The van der Waals surface area contributed by atoms with Crippen molar-refractivity contribution in [1.82, 2.24) is 4.98 Å². The third-order valence-electron chi connectivity index (χ3n) is 4.01. The quantitative estimate of drug-likeness (QED) is 0.738. The molecule has 1 aromatic heterocycles. The highest BCUT2D eigenvalue weighted by Gasteiger charge is 2.12. The average Bonchev–Trinajstić information content (AvgIpc) is 3.03. The molecule has 0 aliphatic rings. The fourth-order valence-electron chi connectivity index (χ4n) is 2.66. The van der Waals surface area contributed by atoms with Crippen molar-refractivity contribution in [2.75, 3.05) is 24.3 Å². The molecule has 128 valence electrons. The van der Waals surface area contributed by atoms with Crippen molar-refractivity contribution in [2.24, 2.45) is 0 Å². The van der Waals surface area contributed by atoms with E-state index in [-0.39, 0.29) is 5.91 Å². The molecule has 0 aliphatic carbocycles. The molecule has 0 spiro atoms. The predicted molar refractivity (Wildman–Crippen MR) is 106 cm³/mol. The Labute approximate surface area is 152 Å². The number of aromatic nitrogens is 1. The van der Waals surface area contributed by atoms with Crippen molar-refractivity contribution >= 4 is 28.1 Å². The van der Waals surface area contributed by atoms with Gasteiger partial charge < -0.3 is 4.90 Å². The van der Waals surface area contributed by atoms with E-state index in [1.54, 1.807) is 0 Å². The van der Waals surface area contributed by atoms with Crippen LogP contribution in [0.1, 0.15) is 21.5 Å². The van der Waals surface area contributed by atoms with E-state index in [9.17, 15) is 4.79 Å². The number of benzene rings is 2. The van der Waals surface area contributed by atoms with Crippen LogP contribution in [0.2, 0.25) is 0 Å². The summed E-state index contributed by atoms with van der Waals surface area (Å²) in [6.07, 6.45) is 0. The van der Waals surface area contributed by atoms with Crippen molar-refractivity contribution < 1.29 is 4.79 Å². The molecule has 2 aromatic carbocycles. The first-order valence-corrected chi connectivity index (χ1v) is 8.94. The minimum absolute atomic E-state index is 0.141. The Hall–Kier alpha value is -2.66. The van der Waals surface area contributed by atoms with Crippen LogP contribution in [0.4, 0.5) is 10.8 Å². The zero-order valence-electron chi connectivity index (χ0n) is 14.8. The summed E-state index contributed by atoms with van der Waals surface area (Å²) < 4.78 is 0. The molecule has 1 N–H and O–H groups in total. The molecule has 0 aliphatic heterocycles. The number of hydrogen-bond acceptors (Lipinski definition) is 4. The molecule has 0 saturated heterocycles. The average molecular weight is 351 g/mol. The van der Waals surface area contributed by atoms with Crippen molar-refractivity contribution in [3.63, 3.8) is 0 Å². The normalized spacial score (nSPS) is 10.6. The number of carbonyl (C=O) groups is 1. The van der Waals surface area contributed by atoms with Crippen molar-refractivity contribution in [3.05, 3.63) is 64.5 Å². The second-order valence-corrected chi connectivity index (χ2v) is 7.11. The summed E-state index contributed by atoms with van der Waals surface area (Å²) >= 11 is 1.43. The number of nitrogens with zero attached hydrogens (tertiary/aromatic N) is 2. The third-order valence-corrected chi connectivity index (χ3v) is 4.77. The molecule has 5 heteroatoms. The van der Waals surface area contributed by atoms with Crippen LogP contribution in [0, 0.1) is 13.8 Å². The van der Waals surface area contributed by atoms with Crippen LogP contribution in [0.3, 0.4) is 0 Å². The monoisotopic (exact) mass is 351 g/mol. The highest BCUT2D eigenvalue weighted by Crippen LogP contribution is 2.26. The van der Waals surface area contributed by atoms with Gasteiger partial charge in [0, 0.05) is 36.3 Å². The van der Waals surface area contributed by atoms with Crippen LogP contribution < -0.4 is 10.2 Å². The Balaban J connectivity index is 1.75. The summed E-state index contributed by atoms with van der Waals surface area (Å²) in [7, 11) is 3.98. The summed E-state index contributed by atoms with van der Waals surface area (Å²) in [6, 6.07) is 13.9. The van der Waals surface area contributed by atoms with E-state index in [0.717, 1.165) is 22.5 Å². The first kappa shape index (κ1) is 17.2. The van der Waals surface area contributed by atoms with E-state index in [0.29, 0.717) is 10.7 Å². The highest BCUT2D eigenvalue weighted by molar-refractivity contribution is 7.14. The number of rotatable bonds is 4. The minimum atomic E-state index is -0.141. The SMILES string of the molecule is Cc1ccc(-c2csc(NC(=O)c3ccc(N(C)C)c(C)c3)n2)cc1. The highest BCUT2D eigenvalue weighted by atomic mass is 32.1. The maximum atomic E-state index is 12.5. The molecule has 0 unspecified atom stereocenters. The number of anilines is 2. The fourth-order valence-corrected chi connectivity index (χ4v) is 3.37. The number of carbonyl (C=O) groups excluding carboxylic acids is 1. The Kier molecular flexibility index (Phi) is 4.86. The smallest absolute Gasteiger partial charge is 0.257 e. The standard InChI is InChI=1S/C20H21N3OS/c1-13-5-7-15(8-6-13)17-12-25-20(21-17)22-19(24)16-9-10-18(23(3)4)14(2)11-16/h5-12H,1-4H3,(H,21,22,24). The van der Waals surface area contributed by atoms with Crippen LogP contribution in [0.15, 0.2) is 47.8 Å². The topological polar surface area (TPSA) is 45.2 Å². The molecule has 0 saturated carbocycles. The van der Waals surface area contributed by atoms with Gasteiger partial charge in [-0.3, -0.25) is 10.1 Å². The first-order valence-electron chi connectivity index (χ1n) is 8.06. The van der Waals surface area contributed by atoms with Gasteiger partial charge in [-0.2, -0.15) is 0 Å². The molecule has 0 atom stereocenters. The van der Waals surface area contributed by atoms with Crippen molar-refractivity contribution in [3.8, 4) is 11.3 Å². The van der Waals surface area contributed by atoms with Gasteiger partial charge in [0.25, 0.3) is 5.91 Å². The molecular formula is C20H21N3OS. The molecule has 25 heavy (non-hydrogen) atoms. The molecule has 4 nitrogen and oxygen atoms in total. The molecule has 3 rings (SSSR count). The lowest BCUT2D eigenvalue weighted by Crippen LogP contribution is -2.14. The van der Waals surface area contributed by atoms with Crippen molar-refractivity contribution in [1.29, 1.82) is 0 Å². The Bertz CT molecular complexity index is 898. The lowest BCUT2D eigenvalue weighted by molar-refractivity contribution is 0.102. The summed E-state index contributed by atoms with van der Waals surface area (Å²) in [6.45, 7) is 4.06. The summed E-state index contributed by atoms with van der Waals surface area (Å²) in [5, 5.41) is 5.46. The number of aryl methyl sites for hydroxylation is 2. The van der Waals surface area contributed by atoms with Gasteiger partial charge in [-0.25, -0.2) is 4.98 Å². The number of hydrogen-bond donors (Lipinski definition) is 1. The lowest BCUT2D eigenvalue weighted by atomic mass is 10.1. The maximum Gasteiger partial charge on any atom is 0.257 e. The number of amides is 1. The Morgan fingerprint density at radius 2 is 1.80 bits per heavy atom. The zero-order valence-corrected chi connectivity index (χ0v) is 15.6. The Morgan fingerprint density at radius 3 is 2.44 bits per heavy atom. The zero-order chi connectivity index (χ0) is 18.0. The first-order chi connectivity index (χ1) is 11.9. The summed E-state index contributed by atoms with van der Waals surface area (Å²) in [5.41, 5.74) is 5.94. The Morgan fingerprint density at radius 1 is 1.08 bits per heavy atom. The van der Waals surface area contributed by atoms with E-state index in [2.05, 4.69) is 29.4 Å². The van der Waals surface area contributed by atoms with E-state index >= 15 is 0 Å². The van der Waals surface area contributed by atoms with Gasteiger partial charge in [-0.05, 0) is 37.6 Å². The second-order valence-electron chi connectivity index (χ2n) is 6.25. The third kappa shape index (κ3) is 3.88. The van der Waals surface area contributed by atoms with Crippen LogP contribution >= 0.6 is 11.3 Å². The predicted octanol–water partition coefficient (Wildman–Crippen LogP) is 4.75. The number of nitrogens with one attached hydrogen (secondary N) is 1. The van der Waals surface area contributed by atoms with Crippen LogP contribution in [-0.4, -0.2) is 25.0 Å². The molecule has 0 radical (unpaired) electrons. The van der Waals surface area contributed by atoms with Gasteiger partial charge in [0.2, 0.25) is 0 Å². The van der Waals surface area contributed by atoms with Gasteiger partial charge in [0.05, 0.1) is 5.69 Å². The summed E-state index contributed by atoms with van der Waals surface area (Å²) in [5.74, 6) is -0.141. The molecular weight excluding hydrogens is 330 g/mol. The molecule has 3 aromatic rings. The van der Waals surface area contributed by atoms with Gasteiger partial charge in [-0.1, -0.05) is 29.8 Å². The largest absolute Gasteiger partial charge is 0.377 e. The van der Waals surface area contributed by atoms with E-state index in [1.807, 2.05) is 61.6 Å². The van der Waals surface area contributed by atoms with Gasteiger partial charge >= 0.3 is 0 Å². The molecule has 0 bridgehead atoms. The lowest BCUT2D eigenvalue weighted by Gasteiger charge is -2.16. The van der Waals surface area contributed by atoms with Gasteiger partial charge in [0.15, 0.2) is 5.13 Å². The fraction of sp³-hybridized carbons (Fsp3) is 0.200. The molecule has 1 amide bonds. The van der Waals surface area contributed by atoms with Crippen LogP contribution in [0.25, 0.3) is 11.3 Å². The van der Waals surface area contributed by atoms with Crippen LogP contribution in [0.5, 0.6) is 0 Å². The second kappa shape index (κ2) is 7.07. The van der Waals surface area contributed by atoms with E-state index in [1.165, 1.54) is 16.9 Å². The van der Waals surface area contributed by atoms with E-state index < -0.39 is 0 Å². The van der Waals surface area contributed by atoms with Crippen molar-refractivity contribution in [2.45, 2.75) is 13.8 Å². The molecule has 0 fully saturated rings. The summed E-state index contributed by atoms with van der Waals surface area (Å²) in [4.78, 5) is 19.0. The molecule has 1 heterocycles. The number of thiazole rings is 1. The van der Waals surface area contributed by atoms with Gasteiger partial charge in [0.1, 0.15) is 0 Å². The maximum absolute atomic E-state index is 12.5.